The summed E-state index contributed by atoms with van der Waals surface area (Å²) in [5.41, 5.74) is 6.96. The standard InChI is InChI=1S/C18H32ClFN4O/c19-11-3-4-14(16(20)8-11)17-13-5-6-21-10-15(13)18(24-23-17)22-9-12-2-1-7-25-12/h11-18,21-24H,1-10H2/t11?,12-,13?,14?,15?,16?,17?,18?/m1/s1. The van der Waals surface area contributed by atoms with Gasteiger partial charge in [0.15, 0.2) is 0 Å². The van der Waals surface area contributed by atoms with Crippen LogP contribution in [0.5, 0.6) is 0 Å². The van der Waals surface area contributed by atoms with Gasteiger partial charge in [-0.25, -0.2) is 9.82 Å². The number of hydrogen-bond donors (Lipinski definition) is 4. The predicted molar refractivity (Wildman–Crippen MR) is 97.2 cm³/mol. The summed E-state index contributed by atoms with van der Waals surface area (Å²) in [5.74, 6) is 1.05. The minimum absolute atomic E-state index is 0.00689. The van der Waals surface area contributed by atoms with E-state index in [0.717, 1.165) is 51.9 Å². The van der Waals surface area contributed by atoms with Crippen molar-refractivity contribution >= 4 is 11.6 Å². The van der Waals surface area contributed by atoms with Gasteiger partial charge in [-0.1, -0.05) is 0 Å². The minimum atomic E-state index is -0.789. The number of hydrogen-bond acceptors (Lipinski definition) is 5. The maximum absolute atomic E-state index is 14.7. The first-order valence-electron chi connectivity index (χ1n) is 10.1. The van der Waals surface area contributed by atoms with E-state index in [9.17, 15) is 4.39 Å². The highest BCUT2D eigenvalue weighted by atomic mass is 35.5. The molecule has 0 aromatic rings. The summed E-state index contributed by atoms with van der Waals surface area (Å²) in [7, 11) is 0. The van der Waals surface area contributed by atoms with Crippen molar-refractivity contribution in [3.8, 4) is 0 Å². The van der Waals surface area contributed by atoms with Gasteiger partial charge < -0.3 is 10.1 Å². The van der Waals surface area contributed by atoms with Crippen LogP contribution in [0.1, 0.15) is 38.5 Å². The van der Waals surface area contributed by atoms with Crippen LogP contribution in [0.25, 0.3) is 0 Å². The molecule has 7 heteroatoms. The van der Waals surface area contributed by atoms with Crippen molar-refractivity contribution in [2.24, 2.45) is 17.8 Å². The van der Waals surface area contributed by atoms with E-state index < -0.39 is 6.17 Å². The Kier molecular flexibility index (Phi) is 6.15. The highest BCUT2D eigenvalue weighted by Crippen LogP contribution is 2.39. The predicted octanol–water partition coefficient (Wildman–Crippen LogP) is 1.53. The van der Waals surface area contributed by atoms with Crippen molar-refractivity contribution in [1.29, 1.82) is 0 Å². The molecule has 4 fully saturated rings. The van der Waals surface area contributed by atoms with Crippen LogP contribution >= 0.6 is 11.6 Å². The Balaban J connectivity index is 1.39. The van der Waals surface area contributed by atoms with Crippen LogP contribution in [0, 0.1) is 17.8 Å². The molecule has 144 valence electrons. The van der Waals surface area contributed by atoms with Gasteiger partial charge in [0.1, 0.15) is 6.17 Å². The van der Waals surface area contributed by atoms with E-state index in [1.54, 1.807) is 0 Å². The topological polar surface area (TPSA) is 57.3 Å². The first kappa shape index (κ1) is 18.4. The molecule has 0 radical (unpaired) electrons. The third-order valence-electron chi connectivity index (χ3n) is 6.69. The highest BCUT2D eigenvalue weighted by molar-refractivity contribution is 6.20. The number of rotatable bonds is 4. The van der Waals surface area contributed by atoms with Gasteiger partial charge in [0.25, 0.3) is 0 Å². The van der Waals surface area contributed by atoms with E-state index in [4.69, 9.17) is 16.3 Å². The summed E-state index contributed by atoms with van der Waals surface area (Å²) < 4.78 is 20.4. The first-order chi connectivity index (χ1) is 12.2. The number of halogens is 2. The molecule has 0 amide bonds. The van der Waals surface area contributed by atoms with Gasteiger partial charge >= 0.3 is 0 Å². The second-order valence-electron chi connectivity index (χ2n) is 8.25. The van der Waals surface area contributed by atoms with Gasteiger partial charge in [-0.15, -0.1) is 11.6 Å². The van der Waals surface area contributed by atoms with E-state index >= 15 is 0 Å². The van der Waals surface area contributed by atoms with Crippen LogP contribution in [0.3, 0.4) is 0 Å². The Morgan fingerprint density at radius 3 is 2.80 bits per heavy atom. The van der Waals surface area contributed by atoms with E-state index in [0.29, 0.717) is 24.4 Å². The van der Waals surface area contributed by atoms with E-state index in [-0.39, 0.29) is 23.5 Å². The third-order valence-corrected chi connectivity index (χ3v) is 7.09. The minimum Gasteiger partial charge on any atom is -0.377 e. The Hall–Kier alpha value is 0.0200. The fourth-order valence-corrected chi connectivity index (χ4v) is 5.60. The summed E-state index contributed by atoms with van der Waals surface area (Å²) in [5, 5.41) is 7.19. The lowest BCUT2D eigenvalue weighted by molar-refractivity contribution is 0.00294. The van der Waals surface area contributed by atoms with Crippen LogP contribution in [-0.2, 0) is 4.74 Å². The van der Waals surface area contributed by atoms with Crippen LogP contribution in [-0.4, -0.2) is 56.1 Å². The van der Waals surface area contributed by atoms with Gasteiger partial charge in [-0.05, 0) is 51.0 Å². The van der Waals surface area contributed by atoms with Crippen molar-refractivity contribution in [3.63, 3.8) is 0 Å². The molecule has 4 N–H and O–H groups in total. The van der Waals surface area contributed by atoms with Crippen LogP contribution in [0.4, 0.5) is 4.39 Å². The Bertz CT molecular complexity index is 439. The molecule has 7 unspecified atom stereocenters. The van der Waals surface area contributed by atoms with Gasteiger partial charge in [0.2, 0.25) is 0 Å². The first-order valence-corrected chi connectivity index (χ1v) is 10.5. The number of piperidine rings is 1. The van der Waals surface area contributed by atoms with E-state index in [2.05, 4.69) is 21.5 Å². The molecule has 3 aliphatic heterocycles. The zero-order valence-corrected chi connectivity index (χ0v) is 15.6. The zero-order chi connectivity index (χ0) is 17.2. The lowest BCUT2D eigenvalue weighted by Gasteiger charge is -2.51. The molecule has 1 aliphatic carbocycles. The molecule has 8 atom stereocenters. The van der Waals surface area contributed by atoms with Gasteiger partial charge in [-0.2, -0.15) is 0 Å². The van der Waals surface area contributed by atoms with Crippen molar-refractivity contribution in [2.75, 3.05) is 26.2 Å². The lowest BCUT2D eigenvalue weighted by Crippen LogP contribution is -2.71. The zero-order valence-electron chi connectivity index (χ0n) is 14.9. The summed E-state index contributed by atoms with van der Waals surface area (Å²) in [4.78, 5) is 0. The molecular weight excluding hydrogens is 343 g/mol. The Morgan fingerprint density at radius 2 is 2.00 bits per heavy atom. The molecule has 0 bridgehead atoms. The second-order valence-corrected chi connectivity index (χ2v) is 8.86. The van der Waals surface area contributed by atoms with Crippen molar-refractivity contribution in [2.45, 2.75) is 68.4 Å². The molecule has 5 nitrogen and oxygen atoms in total. The molecule has 4 aliphatic rings. The molecule has 25 heavy (non-hydrogen) atoms. The average Bonchev–Trinajstić information content (AvgIpc) is 3.14. The van der Waals surface area contributed by atoms with Crippen molar-refractivity contribution in [1.82, 2.24) is 21.5 Å². The van der Waals surface area contributed by atoms with Crippen molar-refractivity contribution in [3.05, 3.63) is 0 Å². The van der Waals surface area contributed by atoms with Gasteiger partial charge in [0, 0.05) is 43.0 Å². The van der Waals surface area contributed by atoms with Crippen LogP contribution < -0.4 is 21.5 Å². The quantitative estimate of drug-likeness (QED) is 0.562. The summed E-state index contributed by atoms with van der Waals surface area (Å²) in [6, 6.07) is 0.201. The summed E-state index contributed by atoms with van der Waals surface area (Å²) in [6.07, 6.45) is 5.50. The van der Waals surface area contributed by atoms with Crippen LogP contribution in [0.2, 0.25) is 0 Å². The van der Waals surface area contributed by atoms with E-state index in [1.807, 2.05) is 0 Å². The second kappa shape index (κ2) is 8.36. The highest BCUT2D eigenvalue weighted by Gasteiger charge is 2.46. The number of hydrazine groups is 1. The molecule has 0 spiro atoms. The largest absolute Gasteiger partial charge is 0.377 e. The lowest BCUT2D eigenvalue weighted by atomic mass is 9.69. The Morgan fingerprint density at radius 1 is 1.08 bits per heavy atom. The maximum Gasteiger partial charge on any atom is 0.106 e. The number of nitrogens with one attached hydrogen (secondary N) is 4. The maximum atomic E-state index is 14.7. The molecular formula is C18H32ClFN4O. The monoisotopic (exact) mass is 374 g/mol. The molecule has 1 saturated carbocycles. The number of alkyl halides is 2. The fraction of sp³-hybridized carbons (Fsp3) is 1.00. The average molecular weight is 375 g/mol. The fourth-order valence-electron chi connectivity index (χ4n) is 5.30. The molecule has 0 aromatic carbocycles. The van der Waals surface area contributed by atoms with Crippen molar-refractivity contribution < 1.29 is 9.13 Å². The van der Waals surface area contributed by atoms with E-state index in [1.165, 1.54) is 6.42 Å². The van der Waals surface area contributed by atoms with Gasteiger partial charge in [-0.3, -0.25) is 10.7 Å². The summed E-state index contributed by atoms with van der Waals surface area (Å²) in [6.45, 7) is 3.79. The smallest absolute Gasteiger partial charge is 0.106 e. The number of fused-ring (bicyclic) bond motifs is 1. The normalized spacial score (nSPS) is 48.2. The molecule has 0 aromatic heterocycles. The third kappa shape index (κ3) is 4.14. The molecule has 3 heterocycles. The van der Waals surface area contributed by atoms with Gasteiger partial charge in [0.05, 0.1) is 12.3 Å². The molecule has 3 saturated heterocycles. The molecule has 4 rings (SSSR count). The van der Waals surface area contributed by atoms with Crippen LogP contribution in [0.15, 0.2) is 0 Å². The summed E-state index contributed by atoms with van der Waals surface area (Å²) >= 11 is 6.17. The SMILES string of the molecule is FC1CC(Cl)CCC1C1NNC(NC[C@H]2CCCO2)C2CNCCC21. The Labute approximate surface area is 155 Å². The number of ether oxygens (including phenoxy) is 1.